The van der Waals surface area contributed by atoms with Crippen LogP contribution in [-0.2, 0) is 9.53 Å². The number of thiophene rings is 1. The van der Waals surface area contributed by atoms with E-state index in [1.54, 1.807) is 24.4 Å². The van der Waals surface area contributed by atoms with Crippen LogP contribution in [0.1, 0.15) is 22.8 Å². The minimum atomic E-state index is -0.430. The molecule has 5 heteroatoms. The van der Waals surface area contributed by atoms with Crippen LogP contribution in [0.3, 0.4) is 0 Å². The number of nitrogens with one attached hydrogen (secondary N) is 1. The molecule has 0 aliphatic rings. The summed E-state index contributed by atoms with van der Waals surface area (Å²) < 4.78 is 4.94. The fourth-order valence-corrected chi connectivity index (χ4v) is 2.44. The molecule has 0 unspecified atom stereocenters. The zero-order valence-corrected chi connectivity index (χ0v) is 12.4. The van der Waals surface area contributed by atoms with Crippen LogP contribution in [0.4, 0.5) is 5.00 Å². The highest BCUT2D eigenvalue weighted by molar-refractivity contribution is 7.14. The zero-order valence-electron chi connectivity index (χ0n) is 11.5. The Morgan fingerprint density at radius 2 is 2.00 bits per heavy atom. The molecule has 1 N–H and O–H groups in total. The number of hydrogen-bond donors (Lipinski definition) is 1. The smallest absolute Gasteiger partial charge is 0.341 e. The highest BCUT2D eigenvalue weighted by Gasteiger charge is 2.14. The van der Waals surface area contributed by atoms with Crippen LogP contribution in [0.15, 0.2) is 47.9 Å². The third-order valence-electron chi connectivity index (χ3n) is 2.62. The van der Waals surface area contributed by atoms with Crippen LogP contribution in [0.2, 0.25) is 0 Å². The summed E-state index contributed by atoms with van der Waals surface area (Å²) in [6.45, 7) is 2.04. The van der Waals surface area contributed by atoms with Gasteiger partial charge >= 0.3 is 5.97 Å². The van der Waals surface area contributed by atoms with Gasteiger partial charge in [-0.25, -0.2) is 4.79 Å². The summed E-state index contributed by atoms with van der Waals surface area (Å²) >= 11 is 1.29. The van der Waals surface area contributed by atoms with Gasteiger partial charge in [0, 0.05) is 6.08 Å². The summed E-state index contributed by atoms with van der Waals surface area (Å²) in [5.74, 6) is -0.715. The fraction of sp³-hybridized carbons (Fsp3) is 0.125. The quantitative estimate of drug-likeness (QED) is 0.678. The molecule has 0 aliphatic heterocycles. The Hall–Kier alpha value is -2.40. The Morgan fingerprint density at radius 3 is 2.71 bits per heavy atom. The molecule has 108 valence electrons. The Labute approximate surface area is 127 Å². The van der Waals surface area contributed by atoms with Gasteiger partial charge < -0.3 is 10.1 Å². The number of ether oxygens (including phenoxy) is 1. The molecular formula is C16H15NO3S. The number of esters is 1. The molecule has 0 saturated carbocycles. The van der Waals surface area contributed by atoms with Gasteiger partial charge in [0.05, 0.1) is 12.2 Å². The molecular weight excluding hydrogens is 286 g/mol. The van der Waals surface area contributed by atoms with Crippen molar-refractivity contribution < 1.29 is 14.3 Å². The number of hydrogen-bond acceptors (Lipinski definition) is 4. The van der Waals surface area contributed by atoms with E-state index in [0.29, 0.717) is 17.2 Å². The maximum atomic E-state index is 11.9. The van der Waals surface area contributed by atoms with Crippen molar-refractivity contribution in [3.8, 4) is 0 Å². The number of amides is 1. The molecule has 1 aromatic heterocycles. The molecule has 2 aromatic rings. The SMILES string of the molecule is CCOC(=O)c1ccsc1NC(=O)/C=C/c1ccccc1. The Kier molecular flexibility index (Phi) is 5.29. The van der Waals surface area contributed by atoms with Crippen molar-refractivity contribution in [2.45, 2.75) is 6.92 Å². The van der Waals surface area contributed by atoms with Gasteiger partial charge in [0.15, 0.2) is 0 Å². The number of rotatable bonds is 5. The molecule has 1 aromatic carbocycles. The van der Waals surface area contributed by atoms with Gasteiger partial charge in [0.1, 0.15) is 5.00 Å². The zero-order chi connectivity index (χ0) is 15.1. The highest BCUT2D eigenvalue weighted by atomic mass is 32.1. The van der Waals surface area contributed by atoms with Crippen LogP contribution < -0.4 is 5.32 Å². The molecule has 0 spiro atoms. The average Bonchev–Trinajstić information content (AvgIpc) is 2.95. The lowest BCUT2D eigenvalue weighted by atomic mass is 10.2. The molecule has 4 nitrogen and oxygen atoms in total. The van der Waals surface area contributed by atoms with E-state index in [2.05, 4.69) is 5.32 Å². The second-order valence-electron chi connectivity index (χ2n) is 4.12. The van der Waals surface area contributed by atoms with E-state index >= 15 is 0 Å². The van der Waals surface area contributed by atoms with Crippen LogP contribution >= 0.6 is 11.3 Å². The first-order chi connectivity index (χ1) is 10.2. The lowest BCUT2D eigenvalue weighted by Crippen LogP contribution is -2.11. The van der Waals surface area contributed by atoms with Gasteiger partial charge in [-0.15, -0.1) is 11.3 Å². The normalized spacial score (nSPS) is 10.5. The minimum Gasteiger partial charge on any atom is -0.462 e. The average molecular weight is 301 g/mol. The van der Waals surface area contributed by atoms with Crippen molar-refractivity contribution in [2.24, 2.45) is 0 Å². The van der Waals surface area contributed by atoms with E-state index in [1.807, 2.05) is 30.3 Å². The van der Waals surface area contributed by atoms with E-state index in [1.165, 1.54) is 17.4 Å². The summed E-state index contributed by atoms with van der Waals surface area (Å²) in [7, 11) is 0. The largest absolute Gasteiger partial charge is 0.462 e. The first kappa shape index (κ1) is 15.0. The summed E-state index contributed by atoms with van der Waals surface area (Å²) in [4.78, 5) is 23.6. The van der Waals surface area contributed by atoms with Gasteiger partial charge in [0.2, 0.25) is 5.91 Å². The predicted molar refractivity (Wildman–Crippen MR) is 84.4 cm³/mol. The van der Waals surface area contributed by atoms with Gasteiger partial charge in [0.25, 0.3) is 0 Å². The van der Waals surface area contributed by atoms with E-state index < -0.39 is 5.97 Å². The number of carbonyl (C=O) groups excluding carboxylic acids is 2. The molecule has 0 atom stereocenters. The van der Waals surface area contributed by atoms with E-state index in [9.17, 15) is 9.59 Å². The van der Waals surface area contributed by atoms with Gasteiger partial charge in [-0.3, -0.25) is 4.79 Å². The number of carbonyl (C=O) groups is 2. The Bertz CT molecular complexity index is 647. The maximum Gasteiger partial charge on any atom is 0.341 e. The van der Waals surface area contributed by atoms with Gasteiger partial charge in [-0.2, -0.15) is 0 Å². The van der Waals surface area contributed by atoms with E-state index in [-0.39, 0.29) is 5.91 Å². The molecule has 0 saturated heterocycles. The fourth-order valence-electron chi connectivity index (χ4n) is 1.67. The molecule has 1 amide bonds. The molecule has 2 rings (SSSR count). The molecule has 0 fully saturated rings. The molecule has 0 radical (unpaired) electrons. The van der Waals surface area contributed by atoms with E-state index in [0.717, 1.165) is 5.56 Å². The van der Waals surface area contributed by atoms with Crippen molar-refractivity contribution in [3.63, 3.8) is 0 Å². The highest BCUT2D eigenvalue weighted by Crippen LogP contribution is 2.24. The summed E-state index contributed by atoms with van der Waals surface area (Å²) in [5, 5.41) is 4.93. The predicted octanol–water partition coefficient (Wildman–Crippen LogP) is 3.58. The minimum absolute atomic E-state index is 0.285. The first-order valence-corrected chi connectivity index (χ1v) is 7.37. The second-order valence-corrected chi connectivity index (χ2v) is 5.03. The first-order valence-electron chi connectivity index (χ1n) is 6.49. The summed E-state index contributed by atoms with van der Waals surface area (Å²) in [5.41, 5.74) is 1.31. The van der Waals surface area contributed by atoms with Crippen LogP contribution in [0.25, 0.3) is 6.08 Å². The van der Waals surface area contributed by atoms with Gasteiger partial charge in [-0.05, 0) is 30.0 Å². The molecule has 21 heavy (non-hydrogen) atoms. The standard InChI is InChI=1S/C16H15NO3S/c1-2-20-16(19)13-10-11-21-15(13)17-14(18)9-8-12-6-4-3-5-7-12/h3-11H,2H2,1H3,(H,17,18)/b9-8+. The maximum absolute atomic E-state index is 11.9. The van der Waals surface area contributed by atoms with Crippen molar-refractivity contribution >= 4 is 34.3 Å². The topological polar surface area (TPSA) is 55.4 Å². The van der Waals surface area contributed by atoms with Crippen LogP contribution in [0.5, 0.6) is 0 Å². The van der Waals surface area contributed by atoms with Crippen molar-refractivity contribution in [2.75, 3.05) is 11.9 Å². The van der Waals surface area contributed by atoms with Crippen LogP contribution in [0, 0.1) is 0 Å². The summed E-state index contributed by atoms with van der Waals surface area (Å²) in [6, 6.07) is 11.2. The van der Waals surface area contributed by atoms with Crippen molar-refractivity contribution in [1.29, 1.82) is 0 Å². The van der Waals surface area contributed by atoms with Crippen molar-refractivity contribution in [1.82, 2.24) is 0 Å². The summed E-state index contributed by atoms with van der Waals surface area (Å²) in [6.07, 6.45) is 3.15. The number of benzene rings is 1. The van der Waals surface area contributed by atoms with Crippen LogP contribution in [-0.4, -0.2) is 18.5 Å². The lowest BCUT2D eigenvalue weighted by molar-refractivity contribution is -0.111. The molecule has 1 heterocycles. The third kappa shape index (κ3) is 4.29. The molecule has 0 aliphatic carbocycles. The Balaban J connectivity index is 2.02. The monoisotopic (exact) mass is 301 g/mol. The Morgan fingerprint density at radius 1 is 1.24 bits per heavy atom. The van der Waals surface area contributed by atoms with Crippen molar-refractivity contribution in [3.05, 3.63) is 59.0 Å². The van der Waals surface area contributed by atoms with E-state index in [4.69, 9.17) is 4.74 Å². The molecule has 0 bridgehead atoms. The van der Waals surface area contributed by atoms with Gasteiger partial charge in [-0.1, -0.05) is 30.3 Å². The third-order valence-corrected chi connectivity index (χ3v) is 3.45. The number of anilines is 1. The second kappa shape index (κ2) is 7.40. The lowest BCUT2D eigenvalue weighted by Gasteiger charge is -2.03.